The fourth-order valence-electron chi connectivity index (χ4n) is 4.58. The molecule has 0 aromatic heterocycles. The molecule has 0 radical (unpaired) electrons. The highest BCUT2D eigenvalue weighted by molar-refractivity contribution is 7.89. The SMILES string of the molecule is CC(=O)N1c2ccc(S(=O)(=O)N3CCC[C@H]3C(=O)NCc3ccc(F)cc3)cc2C[C@@H]1C. The number of amides is 2. The van der Waals surface area contributed by atoms with Crippen LogP contribution in [0.1, 0.15) is 37.8 Å². The van der Waals surface area contributed by atoms with Gasteiger partial charge in [0.1, 0.15) is 11.9 Å². The van der Waals surface area contributed by atoms with Crippen LogP contribution in [-0.4, -0.2) is 43.2 Å². The summed E-state index contributed by atoms with van der Waals surface area (Å²) in [6.07, 6.45) is 1.61. The molecule has 2 aliphatic rings. The minimum Gasteiger partial charge on any atom is -0.351 e. The molecule has 170 valence electrons. The number of carbonyl (C=O) groups excluding carboxylic acids is 2. The molecule has 9 heteroatoms. The molecule has 0 aliphatic carbocycles. The van der Waals surface area contributed by atoms with Crippen molar-refractivity contribution >= 4 is 27.5 Å². The molecule has 32 heavy (non-hydrogen) atoms. The Morgan fingerprint density at radius 2 is 1.88 bits per heavy atom. The molecule has 1 saturated heterocycles. The molecular formula is C23H26FN3O4S. The first-order valence-electron chi connectivity index (χ1n) is 10.6. The Hall–Kier alpha value is -2.78. The normalized spacial score (nSPS) is 20.9. The van der Waals surface area contributed by atoms with E-state index in [0.29, 0.717) is 19.3 Å². The average Bonchev–Trinajstić information content (AvgIpc) is 3.37. The summed E-state index contributed by atoms with van der Waals surface area (Å²) < 4.78 is 41.1. The van der Waals surface area contributed by atoms with Gasteiger partial charge in [-0.2, -0.15) is 4.31 Å². The van der Waals surface area contributed by atoms with Crippen LogP contribution >= 0.6 is 0 Å². The number of anilines is 1. The quantitative estimate of drug-likeness (QED) is 0.745. The van der Waals surface area contributed by atoms with Gasteiger partial charge in [-0.05, 0) is 67.6 Å². The lowest BCUT2D eigenvalue weighted by atomic mass is 10.1. The molecule has 2 aliphatic heterocycles. The van der Waals surface area contributed by atoms with Gasteiger partial charge in [-0.15, -0.1) is 0 Å². The fraction of sp³-hybridized carbons (Fsp3) is 0.391. The molecule has 2 amide bonds. The van der Waals surface area contributed by atoms with Crippen LogP contribution in [0.4, 0.5) is 10.1 Å². The molecule has 2 atom stereocenters. The van der Waals surface area contributed by atoms with Gasteiger partial charge in [-0.1, -0.05) is 12.1 Å². The molecule has 0 spiro atoms. The molecule has 0 bridgehead atoms. The maximum Gasteiger partial charge on any atom is 0.243 e. The maximum atomic E-state index is 13.4. The van der Waals surface area contributed by atoms with E-state index in [4.69, 9.17) is 0 Å². The van der Waals surface area contributed by atoms with Crippen LogP contribution in [0.5, 0.6) is 0 Å². The summed E-state index contributed by atoms with van der Waals surface area (Å²) in [6.45, 7) is 3.89. The summed E-state index contributed by atoms with van der Waals surface area (Å²) in [5.74, 6) is -0.805. The van der Waals surface area contributed by atoms with Crippen LogP contribution < -0.4 is 10.2 Å². The summed E-state index contributed by atoms with van der Waals surface area (Å²) >= 11 is 0. The number of hydrogen-bond acceptors (Lipinski definition) is 4. The Kier molecular flexibility index (Phi) is 6.05. The number of benzene rings is 2. The van der Waals surface area contributed by atoms with Gasteiger partial charge in [0.2, 0.25) is 21.8 Å². The van der Waals surface area contributed by atoms with Gasteiger partial charge in [0.05, 0.1) is 4.90 Å². The van der Waals surface area contributed by atoms with Gasteiger partial charge in [0.15, 0.2) is 0 Å². The summed E-state index contributed by atoms with van der Waals surface area (Å²) in [4.78, 5) is 26.5. The van der Waals surface area contributed by atoms with E-state index in [1.165, 1.54) is 29.4 Å². The minimum absolute atomic E-state index is 0.0303. The maximum absolute atomic E-state index is 13.4. The Morgan fingerprint density at radius 1 is 1.16 bits per heavy atom. The molecule has 2 aromatic carbocycles. The summed E-state index contributed by atoms with van der Waals surface area (Å²) in [7, 11) is -3.88. The van der Waals surface area contributed by atoms with E-state index in [2.05, 4.69) is 5.32 Å². The monoisotopic (exact) mass is 459 g/mol. The third-order valence-electron chi connectivity index (χ3n) is 6.10. The van der Waals surface area contributed by atoms with Crippen molar-refractivity contribution in [3.63, 3.8) is 0 Å². The van der Waals surface area contributed by atoms with Crippen molar-refractivity contribution in [1.29, 1.82) is 0 Å². The fourth-order valence-corrected chi connectivity index (χ4v) is 6.29. The third-order valence-corrected chi connectivity index (χ3v) is 8.00. The number of nitrogens with zero attached hydrogens (tertiary/aromatic N) is 2. The molecule has 1 N–H and O–H groups in total. The second-order valence-corrected chi connectivity index (χ2v) is 10.2. The van der Waals surface area contributed by atoms with Gasteiger partial charge < -0.3 is 10.2 Å². The number of carbonyl (C=O) groups is 2. The highest BCUT2D eigenvalue weighted by Crippen LogP contribution is 2.35. The number of halogens is 1. The third kappa shape index (κ3) is 4.14. The zero-order chi connectivity index (χ0) is 23.0. The zero-order valence-corrected chi connectivity index (χ0v) is 18.9. The number of nitrogens with one attached hydrogen (secondary N) is 1. The molecule has 7 nitrogen and oxygen atoms in total. The van der Waals surface area contributed by atoms with E-state index in [1.54, 1.807) is 29.2 Å². The van der Waals surface area contributed by atoms with Gasteiger partial charge in [0, 0.05) is 31.7 Å². The van der Waals surface area contributed by atoms with Crippen LogP contribution in [0.15, 0.2) is 47.4 Å². The predicted octanol–water partition coefficient (Wildman–Crippen LogP) is 2.59. The molecule has 1 fully saturated rings. The molecule has 2 heterocycles. The smallest absolute Gasteiger partial charge is 0.243 e. The molecule has 0 unspecified atom stereocenters. The van der Waals surface area contributed by atoms with E-state index in [1.807, 2.05) is 6.92 Å². The summed E-state index contributed by atoms with van der Waals surface area (Å²) in [5.41, 5.74) is 2.28. The standard InChI is InChI=1S/C23H26FN3O4S/c1-15-12-18-13-20(9-10-21(18)27(15)16(2)28)32(30,31)26-11-3-4-22(26)23(29)25-14-17-5-7-19(24)8-6-17/h5-10,13,15,22H,3-4,11-12,14H2,1-2H3,(H,25,29)/t15-,22-/m0/s1. The molecule has 4 rings (SSSR count). The van der Waals surface area contributed by atoms with Crippen molar-refractivity contribution < 1.29 is 22.4 Å². The highest BCUT2D eigenvalue weighted by Gasteiger charge is 2.40. The molecular weight excluding hydrogens is 433 g/mol. The zero-order valence-electron chi connectivity index (χ0n) is 18.0. The second kappa shape index (κ2) is 8.63. The lowest BCUT2D eigenvalue weighted by Crippen LogP contribution is -2.45. The van der Waals surface area contributed by atoms with E-state index in [-0.39, 0.29) is 41.7 Å². The van der Waals surface area contributed by atoms with Gasteiger partial charge in [-0.25, -0.2) is 12.8 Å². The largest absolute Gasteiger partial charge is 0.351 e. The van der Waals surface area contributed by atoms with Crippen molar-refractivity contribution in [2.24, 2.45) is 0 Å². The summed E-state index contributed by atoms with van der Waals surface area (Å²) in [5, 5.41) is 2.77. The van der Waals surface area contributed by atoms with Crippen molar-refractivity contribution in [3.05, 3.63) is 59.4 Å². The number of hydrogen-bond donors (Lipinski definition) is 1. The minimum atomic E-state index is -3.88. The van der Waals surface area contributed by atoms with Crippen LogP contribution in [0.3, 0.4) is 0 Å². The lowest BCUT2D eigenvalue weighted by Gasteiger charge is -2.24. The Labute approximate surface area is 187 Å². The highest BCUT2D eigenvalue weighted by atomic mass is 32.2. The van der Waals surface area contributed by atoms with Crippen LogP contribution in [-0.2, 0) is 32.6 Å². The summed E-state index contributed by atoms with van der Waals surface area (Å²) in [6, 6.07) is 9.77. The van der Waals surface area contributed by atoms with Crippen LogP contribution in [0, 0.1) is 5.82 Å². The number of fused-ring (bicyclic) bond motifs is 1. The van der Waals surface area contributed by atoms with Gasteiger partial charge in [0.25, 0.3) is 0 Å². The lowest BCUT2D eigenvalue weighted by molar-refractivity contribution is -0.124. The number of sulfonamides is 1. The van der Waals surface area contributed by atoms with Crippen LogP contribution in [0.2, 0.25) is 0 Å². The Balaban J connectivity index is 1.52. The second-order valence-electron chi connectivity index (χ2n) is 8.35. The van der Waals surface area contributed by atoms with E-state index in [9.17, 15) is 22.4 Å². The van der Waals surface area contributed by atoms with E-state index < -0.39 is 16.1 Å². The first-order valence-corrected chi connectivity index (χ1v) is 12.1. The topological polar surface area (TPSA) is 86.8 Å². The van der Waals surface area contributed by atoms with Crippen molar-refractivity contribution in [2.75, 3.05) is 11.4 Å². The Bertz CT molecular complexity index is 1150. The van der Waals surface area contributed by atoms with E-state index >= 15 is 0 Å². The van der Waals surface area contributed by atoms with Gasteiger partial charge >= 0.3 is 0 Å². The molecule has 2 aromatic rings. The van der Waals surface area contributed by atoms with Crippen molar-refractivity contribution in [3.8, 4) is 0 Å². The Morgan fingerprint density at radius 3 is 2.56 bits per heavy atom. The van der Waals surface area contributed by atoms with Crippen molar-refractivity contribution in [1.82, 2.24) is 9.62 Å². The average molecular weight is 460 g/mol. The first-order chi connectivity index (χ1) is 15.2. The predicted molar refractivity (Wildman–Crippen MR) is 118 cm³/mol. The first kappa shape index (κ1) is 22.4. The van der Waals surface area contributed by atoms with Crippen molar-refractivity contribution in [2.45, 2.75) is 56.6 Å². The van der Waals surface area contributed by atoms with Gasteiger partial charge in [-0.3, -0.25) is 9.59 Å². The van der Waals surface area contributed by atoms with E-state index in [0.717, 1.165) is 16.8 Å². The number of rotatable bonds is 5. The van der Waals surface area contributed by atoms with Crippen LogP contribution in [0.25, 0.3) is 0 Å². The molecule has 0 saturated carbocycles.